The van der Waals surface area contributed by atoms with Crippen LogP contribution in [0.4, 0.5) is 18.9 Å². The van der Waals surface area contributed by atoms with Crippen molar-refractivity contribution in [1.82, 2.24) is 15.2 Å². The number of benzene rings is 2. The number of rotatable bonds is 3. The number of nitrogens with zero attached hydrogens (tertiary/aromatic N) is 2. The third kappa shape index (κ3) is 3.76. The van der Waals surface area contributed by atoms with E-state index in [-0.39, 0.29) is 11.4 Å². The number of pyridine rings is 1. The van der Waals surface area contributed by atoms with Gasteiger partial charge >= 0.3 is 6.18 Å². The molecular formula is C22H17F3N4O. The molecule has 1 amide bonds. The Balaban J connectivity index is 1.61. The highest BCUT2D eigenvalue weighted by Crippen LogP contribution is 2.30. The lowest BCUT2D eigenvalue weighted by Gasteiger charge is -2.11. The van der Waals surface area contributed by atoms with Crippen LogP contribution >= 0.6 is 0 Å². The van der Waals surface area contributed by atoms with Gasteiger partial charge < -0.3 is 5.32 Å². The first-order chi connectivity index (χ1) is 14.2. The monoisotopic (exact) mass is 410 g/mol. The second-order valence-electron chi connectivity index (χ2n) is 6.96. The average Bonchev–Trinajstić information content (AvgIpc) is 3.08. The molecule has 0 saturated heterocycles. The highest BCUT2D eigenvalue weighted by Gasteiger charge is 2.30. The normalized spacial score (nSPS) is 11.6. The molecule has 5 nitrogen and oxygen atoms in total. The van der Waals surface area contributed by atoms with Crippen molar-refractivity contribution in [3.63, 3.8) is 0 Å². The molecule has 152 valence electrons. The van der Waals surface area contributed by atoms with Crippen LogP contribution in [0.25, 0.3) is 22.2 Å². The van der Waals surface area contributed by atoms with Crippen LogP contribution in [0, 0.1) is 13.8 Å². The van der Waals surface area contributed by atoms with Gasteiger partial charge in [0.1, 0.15) is 5.69 Å². The third-order valence-electron chi connectivity index (χ3n) is 4.83. The summed E-state index contributed by atoms with van der Waals surface area (Å²) >= 11 is 0. The number of alkyl halides is 3. The topological polar surface area (TPSA) is 70.7 Å². The van der Waals surface area contributed by atoms with E-state index in [9.17, 15) is 18.0 Å². The van der Waals surface area contributed by atoms with E-state index in [0.717, 1.165) is 34.3 Å². The fourth-order valence-electron chi connectivity index (χ4n) is 3.17. The minimum atomic E-state index is -4.43. The molecule has 0 aliphatic carbocycles. The number of aryl methyl sites for hydroxylation is 2. The SMILES string of the molecule is Cc1ccc(-c2ccc3c(C)n[nH]c3c2)nc1C(=O)Nc1ccc(C(F)(F)F)cc1. The van der Waals surface area contributed by atoms with Crippen LogP contribution in [0.1, 0.15) is 27.3 Å². The van der Waals surface area contributed by atoms with Crippen LogP contribution in [-0.4, -0.2) is 21.1 Å². The summed E-state index contributed by atoms with van der Waals surface area (Å²) in [5.74, 6) is -0.493. The largest absolute Gasteiger partial charge is 0.416 e. The Labute approximate surface area is 170 Å². The van der Waals surface area contributed by atoms with E-state index in [1.807, 2.05) is 31.2 Å². The number of carbonyl (C=O) groups is 1. The number of halogens is 3. The lowest BCUT2D eigenvalue weighted by molar-refractivity contribution is -0.137. The van der Waals surface area contributed by atoms with Gasteiger partial charge in [-0.1, -0.05) is 18.2 Å². The van der Waals surface area contributed by atoms with Gasteiger partial charge in [0.15, 0.2) is 0 Å². The number of hydrogen-bond donors (Lipinski definition) is 2. The Hall–Kier alpha value is -3.68. The fourth-order valence-corrected chi connectivity index (χ4v) is 3.17. The third-order valence-corrected chi connectivity index (χ3v) is 4.83. The van der Waals surface area contributed by atoms with E-state index in [2.05, 4.69) is 20.5 Å². The van der Waals surface area contributed by atoms with Crippen molar-refractivity contribution in [3.05, 3.63) is 77.1 Å². The van der Waals surface area contributed by atoms with Crippen molar-refractivity contribution in [3.8, 4) is 11.3 Å². The summed E-state index contributed by atoms with van der Waals surface area (Å²) in [7, 11) is 0. The predicted octanol–water partition coefficient (Wildman–Crippen LogP) is 5.51. The smallest absolute Gasteiger partial charge is 0.321 e. The molecule has 4 rings (SSSR count). The number of carbonyl (C=O) groups excluding carboxylic acids is 1. The summed E-state index contributed by atoms with van der Waals surface area (Å²) in [5.41, 5.74) is 3.51. The minimum Gasteiger partial charge on any atom is -0.321 e. The first kappa shape index (κ1) is 19.6. The Bertz CT molecular complexity index is 1240. The summed E-state index contributed by atoms with van der Waals surface area (Å²) in [4.78, 5) is 17.2. The quantitative estimate of drug-likeness (QED) is 0.468. The van der Waals surface area contributed by atoms with E-state index >= 15 is 0 Å². The van der Waals surface area contributed by atoms with Gasteiger partial charge in [-0.2, -0.15) is 18.3 Å². The maximum Gasteiger partial charge on any atom is 0.416 e. The number of hydrogen-bond acceptors (Lipinski definition) is 3. The van der Waals surface area contributed by atoms with Crippen LogP contribution in [0.2, 0.25) is 0 Å². The molecule has 4 aromatic rings. The molecule has 0 aliphatic rings. The molecule has 2 aromatic heterocycles. The Morgan fingerprint density at radius 1 is 1.00 bits per heavy atom. The van der Waals surface area contributed by atoms with Gasteiger partial charge in [0.2, 0.25) is 0 Å². The van der Waals surface area contributed by atoms with E-state index in [4.69, 9.17) is 0 Å². The van der Waals surface area contributed by atoms with E-state index in [1.54, 1.807) is 13.0 Å². The zero-order chi connectivity index (χ0) is 21.5. The molecule has 2 N–H and O–H groups in total. The Morgan fingerprint density at radius 2 is 1.73 bits per heavy atom. The number of aromatic amines is 1. The summed E-state index contributed by atoms with van der Waals surface area (Å²) in [5, 5.41) is 10.7. The Kier molecular flexibility index (Phi) is 4.77. The predicted molar refractivity (Wildman–Crippen MR) is 108 cm³/mol. The zero-order valence-electron chi connectivity index (χ0n) is 16.1. The molecule has 8 heteroatoms. The maximum absolute atomic E-state index is 12.7. The van der Waals surface area contributed by atoms with Crippen molar-refractivity contribution < 1.29 is 18.0 Å². The molecule has 30 heavy (non-hydrogen) atoms. The average molecular weight is 410 g/mol. The summed E-state index contributed by atoms with van der Waals surface area (Å²) in [6.45, 7) is 3.66. The fraction of sp³-hybridized carbons (Fsp3) is 0.136. The number of anilines is 1. The second-order valence-corrected chi connectivity index (χ2v) is 6.96. The van der Waals surface area contributed by atoms with Crippen molar-refractivity contribution in [2.45, 2.75) is 20.0 Å². The molecule has 0 radical (unpaired) electrons. The molecule has 0 spiro atoms. The van der Waals surface area contributed by atoms with E-state index in [0.29, 0.717) is 11.3 Å². The van der Waals surface area contributed by atoms with Gasteiger partial charge in [0.05, 0.1) is 22.5 Å². The number of fused-ring (bicyclic) bond motifs is 1. The van der Waals surface area contributed by atoms with Gasteiger partial charge in [0.25, 0.3) is 5.91 Å². The number of aromatic nitrogens is 3. The highest BCUT2D eigenvalue weighted by molar-refractivity contribution is 6.04. The molecule has 0 aliphatic heterocycles. The molecule has 0 unspecified atom stereocenters. The second kappa shape index (κ2) is 7.29. The highest BCUT2D eigenvalue weighted by atomic mass is 19.4. The molecule has 0 fully saturated rings. The van der Waals surface area contributed by atoms with Gasteiger partial charge in [0, 0.05) is 16.6 Å². The summed E-state index contributed by atoms with van der Waals surface area (Å²) < 4.78 is 38.1. The molecule has 0 bridgehead atoms. The number of amides is 1. The molecule has 0 saturated carbocycles. The molecule has 2 heterocycles. The maximum atomic E-state index is 12.7. The Morgan fingerprint density at radius 3 is 2.43 bits per heavy atom. The van der Waals surface area contributed by atoms with Gasteiger partial charge in [-0.05, 0) is 55.8 Å². The minimum absolute atomic E-state index is 0.202. The van der Waals surface area contributed by atoms with Crippen molar-refractivity contribution in [2.24, 2.45) is 0 Å². The summed E-state index contributed by atoms with van der Waals surface area (Å²) in [6.07, 6.45) is -4.43. The van der Waals surface area contributed by atoms with Crippen LogP contribution in [0.5, 0.6) is 0 Å². The zero-order valence-corrected chi connectivity index (χ0v) is 16.1. The first-order valence-electron chi connectivity index (χ1n) is 9.14. The lowest BCUT2D eigenvalue weighted by Crippen LogP contribution is -2.16. The lowest BCUT2D eigenvalue weighted by atomic mass is 10.1. The van der Waals surface area contributed by atoms with Gasteiger partial charge in [-0.25, -0.2) is 4.98 Å². The van der Waals surface area contributed by atoms with E-state index in [1.165, 1.54) is 12.1 Å². The number of nitrogens with one attached hydrogen (secondary N) is 2. The van der Waals surface area contributed by atoms with Crippen molar-refractivity contribution in [1.29, 1.82) is 0 Å². The van der Waals surface area contributed by atoms with Crippen molar-refractivity contribution in [2.75, 3.05) is 5.32 Å². The van der Waals surface area contributed by atoms with Gasteiger partial charge in [-0.3, -0.25) is 9.89 Å². The molecular weight excluding hydrogens is 393 g/mol. The van der Waals surface area contributed by atoms with Crippen LogP contribution in [-0.2, 0) is 6.18 Å². The van der Waals surface area contributed by atoms with Crippen LogP contribution in [0.15, 0.2) is 54.6 Å². The van der Waals surface area contributed by atoms with Crippen LogP contribution < -0.4 is 5.32 Å². The summed E-state index contributed by atoms with van der Waals surface area (Å²) in [6, 6.07) is 13.6. The molecule has 2 aromatic carbocycles. The standard InChI is InChI=1S/C22H17F3N4O/c1-12-3-10-18(14-4-9-17-13(2)28-29-19(17)11-14)27-20(12)21(30)26-16-7-5-15(6-8-16)22(23,24)25/h3-11H,1-2H3,(H,26,30)(H,28,29). The van der Waals surface area contributed by atoms with E-state index < -0.39 is 17.6 Å². The molecule has 0 atom stereocenters. The van der Waals surface area contributed by atoms with Gasteiger partial charge in [-0.15, -0.1) is 0 Å². The number of H-pyrrole nitrogens is 1. The first-order valence-corrected chi connectivity index (χ1v) is 9.14. The van der Waals surface area contributed by atoms with Crippen LogP contribution in [0.3, 0.4) is 0 Å². The van der Waals surface area contributed by atoms with Crippen molar-refractivity contribution >= 4 is 22.5 Å².